The van der Waals surface area contributed by atoms with Crippen molar-refractivity contribution in [2.45, 2.75) is 71.3 Å². The third kappa shape index (κ3) is 6.04. The maximum atomic E-state index is 11.7. The number of hydrogen-bond acceptors (Lipinski definition) is 4. The zero-order chi connectivity index (χ0) is 16.4. The van der Waals surface area contributed by atoms with Gasteiger partial charge in [0.1, 0.15) is 11.3 Å². The number of carbonyl (C=O) groups is 1. The van der Waals surface area contributed by atoms with Crippen molar-refractivity contribution in [3.63, 3.8) is 0 Å². The lowest BCUT2D eigenvalue weighted by atomic mass is 10.1. The Balaban J connectivity index is 2.46. The molecule has 1 rings (SSSR count). The number of aliphatic imine (C=N–C) groups is 1. The van der Waals surface area contributed by atoms with E-state index in [2.05, 4.69) is 24.1 Å². The largest absolute Gasteiger partial charge is 0.512 e. The van der Waals surface area contributed by atoms with Crippen LogP contribution < -0.4 is 0 Å². The molecule has 0 amide bonds. The molecule has 1 aliphatic rings. The highest BCUT2D eigenvalue weighted by Gasteiger charge is 2.25. The Morgan fingerprint density at radius 1 is 1.36 bits per heavy atom. The first kappa shape index (κ1) is 18.5. The highest BCUT2D eigenvalue weighted by molar-refractivity contribution is 6.20. The Labute approximate surface area is 134 Å². The third-order valence-electron chi connectivity index (χ3n) is 3.89. The van der Waals surface area contributed by atoms with Crippen molar-refractivity contribution in [2.75, 3.05) is 7.11 Å². The van der Waals surface area contributed by atoms with E-state index in [4.69, 9.17) is 4.74 Å². The monoisotopic (exact) mass is 307 g/mol. The second-order valence-corrected chi connectivity index (χ2v) is 5.78. The van der Waals surface area contributed by atoms with Gasteiger partial charge in [-0.15, -0.1) is 0 Å². The Bertz CT molecular complexity index is 445. The van der Waals surface area contributed by atoms with Gasteiger partial charge in [-0.2, -0.15) is 0 Å². The van der Waals surface area contributed by atoms with Gasteiger partial charge in [0, 0.05) is 0 Å². The van der Waals surface area contributed by atoms with Crippen LogP contribution in [0.3, 0.4) is 0 Å². The molecule has 1 aliphatic heterocycles. The quantitative estimate of drug-likeness (QED) is 0.224. The SMILES string of the molecule is CCCCCC/C=C\C[C@H]1CCC(/C(C(=O)OC)=C(\C)O)=N1. The van der Waals surface area contributed by atoms with Crippen molar-refractivity contribution >= 4 is 11.7 Å². The van der Waals surface area contributed by atoms with Gasteiger partial charge in [-0.05, 0) is 39.0 Å². The van der Waals surface area contributed by atoms with Gasteiger partial charge < -0.3 is 9.84 Å². The van der Waals surface area contributed by atoms with Gasteiger partial charge in [-0.3, -0.25) is 4.99 Å². The van der Waals surface area contributed by atoms with E-state index < -0.39 is 5.97 Å². The Kier molecular flexibility index (Phi) is 8.56. The zero-order valence-corrected chi connectivity index (χ0v) is 14.1. The fourth-order valence-corrected chi connectivity index (χ4v) is 2.65. The minimum atomic E-state index is -0.508. The molecule has 0 aromatic rings. The first-order valence-electron chi connectivity index (χ1n) is 8.30. The normalized spacial score (nSPS) is 19.2. The number of aliphatic hydroxyl groups is 1. The molecule has 0 saturated carbocycles. The molecule has 1 N–H and O–H groups in total. The number of unbranched alkanes of at least 4 members (excludes halogenated alkanes) is 4. The molecule has 0 aliphatic carbocycles. The molecule has 22 heavy (non-hydrogen) atoms. The molecule has 0 bridgehead atoms. The summed E-state index contributed by atoms with van der Waals surface area (Å²) in [6, 6.07) is 0.209. The van der Waals surface area contributed by atoms with Gasteiger partial charge >= 0.3 is 5.97 Å². The van der Waals surface area contributed by atoms with Crippen molar-refractivity contribution < 1.29 is 14.6 Å². The zero-order valence-electron chi connectivity index (χ0n) is 14.1. The summed E-state index contributed by atoms with van der Waals surface area (Å²) in [4.78, 5) is 16.3. The predicted octanol–water partition coefficient (Wildman–Crippen LogP) is 4.51. The number of rotatable bonds is 9. The van der Waals surface area contributed by atoms with Crippen LogP contribution in [0.2, 0.25) is 0 Å². The van der Waals surface area contributed by atoms with Crippen LogP contribution in [0.1, 0.15) is 65.2 Å². The second-order valence-electron chi connectivity index (χ2n) is 5.78. The van der Waals surface area contributed by atoms with Gasteiger partial charge in [0.05, 0.1) is 18.9 Å². The van der Waals surface area contributed by atoms with E-state index in [1.54, 1.807) is 0 Å². The highest BCUT2D eigenvalue weighted by atomic mass is 16.5. The van der Waals surface area contributed by atoms with Crippen molar-refractivity contribution in [1.82, 2.24) is 0 Å². The van der Waals surface area contributed by atoms with E-state index >= 15 is 0 Å². The number of hydrogen-bond donors (Lipinski definition) is 1. The van der Waals surface area contributed by atoms with E-state index in [0.717, 1.165) is 25.7 Å². The molecule has 124 valence electrons. The number of carbonyl (C=O) groups excluding carboxylic acids is 1. The predicted molar refractivity (Wildman–Crippen MR) is 90.3 cm³/mol. The van der Waals surface area contributed by atoms with E-state index in [9.17, 15) is 9.90 Å². The maximum Gasteiger partial charge on any atom is 0.343 e. The second kappa shape index (κ2) is 10.2. The smallest absolute Gasteiger partial charge is 0.343 e. The minimum absolute atomic E-state index is 0.0160. The van der Waals surface area contributed by atoms with Crippen LogP contribution in [0.4, 0.5) is 0 Å². The van der Waals surface area contributed by atoms with Gasteiger partial charge in [0.2, 0.25) is 0 Å². The molecule has 1 atom stereocenters. The molecule has 0 aromatic carbocycles. The summed E-state index contributed by atoms with van der Waals surface area (Å²) < 4.78 is 4.71. The third-order valence-corrected chi connectivity index (χ3v) is 3.89. The van der Waals surface area contributed by atoms with Crippen LogP contribution in [0.25, 0.3) is 0 Å². The molecule has 0 fully saturated rings. The molecule has 0 spiro atoms. The van der Waals surface area contributed by atoms with Crippen molar-refractivity contribution in [3.8, 4) is 0 Å². The fourth-order valence-electron chi connectivity index (χ4n) is 2.65. The van der Waals surface area contributed by atoms with Crippen LogP contribution in [-0.4, -0.2) is 29.9 Å². The number of aliphatic hydroxyl groups excluding tert-OH is 1. The lowest BCUT2D eigenvalue weighted by molar-refractivity contribution is -0.135. The fraction of sp³-hybridized carbons (Fsp3) is 0.667. The van der Waals surface area contributed by atoms with E-state index in [1.165, 1.54) is 39.7 Å². The number of allylic oxidation sites excluding steroid dienone is 2. The lowest BCUT2D eigenvalue weighted by Crippen LogP contribution is -2.15. The average molecular weight is 307 g/mol. The molecule has 0 aromatic heterocycles. The summed E-state index contributed by atoms with van der Waals surface area (Å²) in [5.41, 5.74) is 0.904. The number of nitrogens with zero attached hydrogens (tertiary/aromatic N) is 1. The molecule has 1 heterocycles. The van der Waals surface area contributed by atoms with Crippen LogP contribution in [0, 0.1) is 0 Å². The minimum Gasteiger partial charge on any atom is -0.512 e. The Morgan fingerprint density at radius 3 is 2.77 bits per heavy atom. The van der Waals surface area contributed by atoms with Crippen LogP contribution in [0.5, 0.6) is 0 Å². The molecular weight excluding hydrogens is 278 g/mol. The van der Waals surface area contributed by atoms with E-state index in [-0.39, 0.29) is 17.4 Å². The summed E-state index contributed by atoms with van der Waals surface area (Å²) in [5, 5.41) is 9.66. The molecule has 4 nitrogen and oxygen atoms in total. The summed E-state index contributed by atoms with van der Waals surface area (Å²) in [6.07, 6.45) is 13.2. The van der Waals surface area contributed by atoms with Crippen molar-refractivity contribution in [1.29, 1.82) is 0 Å². The number of methoxy groups -OCH3 is 1. The first-order valence-corrected chi connectivity index (χ1v) is 8.30. The van der Waals surface area contributed by atoms with Gasteiger partial charge in [-0.25, -0.2) is 4.79 Å². The van der Waals surface area contributed by atoms with E-state index in [1.807, 2.05) is 0 Å². The van der Waals surface area contributed by atoms with Crippen LogP contribution in [-0.2, 0) is 9.53 Å². The Hall–Kier alpha value is -1.58. The summed E-state index contributed by atoms with van der Waals surface area (Å²) >= 11 is 0. The van der Waals surface area contributed by atoms with Gasteiger partial charge in [0.15, 0.2) is 0 Å². The van der Waals surface area contributed by atoms with Crippen LogP contribution >= 0.6 is 0 Å². The number of esters is 1. The molecule has 4 heteroatoms. The maximum absolute atomic E-state index is 11.7. The highest BCUT2D eigenvalue weighted by Crippen LogP contribution is 2.23. The molecule has 0 unspecified atom stereocenters. The van der Waals surface area contributed by atoms with Crippen molar-refractivity contribution in [3.05, 3.63) is 23.5 Å². The summed E-state index contributed by atoms with van der Waals surface area (Å²) in [5.74, 6) is -0.524. The van der Waals surface area contributed by atoms with Crippen LogP contribution in [0.15, 0.2) is 28.5 Å². The summed E-state index contributed by atoms with van der Waals surface area (Å²) in [7, 11) is 1.32. The van der Waals surface area contributed by atoms with E-state index in [0.29, 0.717) is 5.71 Å². The molecule has 0 radical (unpaired) electrons. The average Bonchev–Trinajstić information content (AvgIpc) is 2.94. The number of ether oxygens (including phenoxy) is 1. The van der Waals surface area contributed by atoms with Gasteiger partial charge in [0.25, 0.3) is 0 Å². The Morgan fingerprint density at radius 2 is 2.14 bits per heavy atom. The topological polar surface area (TPSA) is 58.9 Å². The summed E-state index contributed by atoms with van der Waals surface area (Å²) in [6.45, 7) is 3.72. The van der Waals surface area contributed by atoms with Crippen molar-refractivity contribution in [2.24, 2.45) is 4.99 Å². The first-order chi connectivity index (χ1) is 10.6. The molecule has 0 saturated heterocycles. The lowest BCUT2D eigenvalue weighted by Gasteiger charge is -2.05. The van der Waals surface area contributed by atoms with Gasteiger partial charge in [-0.1, -0.05) is 38.3 Å². The molecular formula is C18H29NO3. The standard InChI is InChI=1S/C18H29NO3/c1-4-5-6-7-8-9-10-11-15-12-13-16(19-15)17(14(2)20)18(21)22-3/h9-10,15,20H,4-8,11-13H2,1-3H3/b10-9-,17-14-/t15-/m0/s1.